The predicted octanol–water partition coefficient (Wildman–Crippen LogP) is 4.95. The van der Waals surface area contributed by atoms with Gasteiger partial charge in [-0.3, -0.25) is 9.69 Å². The van der Waals surface area contributed by atoms with Crippen LogP contribution >= 0.6 is 23.2 Å². The van der Waals surface area contributed by atoms with Gasteiger partial charge in [-0.1, -0.05) is 29.3 Å². The Bertz CT molecular complexity index is 870. The first kappa shape index (κ1) is 22.6. The molecule has 1 amide bonds. The van der Waals surface area contributed by atoms with Gasteiger partial charge in [0.25, 0.3) is 5.91 Å². The van der Waals surface area contributed by atoms with E-state index in [9.17, 15) is 13.6 Å². The first-order valence-corrected chi connectivity index (χ1v) is 10.3. The Labute approximate surface area is 184 Å². The highest BCUT2D eigenvalue weighted by atomic mass is 35.5. The number of hydrogen-bond acceptors (Lipinski definition) is 4. The van der Waals surface area contributed by atoms with E-state index in [1.165, 1.54) is 18.2 Å². The largest absolute Gasteiger partial charge is 0.490 e. The molecule has 30 heavy (non-hydrogen) atoms. The minimum atomic E-state index is -2.97. The zero-order valence-corrected chi connectivity index (χ0v) is 17.9. The van der Waals surface area contributed by atoms with E-state index in [1.54, 1.807) is 30.0 Å². The van der Waals surface area contributed by atoms with Gasteiger partial charge >= 0.3 is 6.61 Å². The van der Waals surface area contributed by atoms with Gasteiger partial charge in [-0.2, -0.15) is 8.78 Å². The fraction of sp³-hybridized carbons (Fsp3) is 0.381. The third-order valence-electron chi connectivity index (χ3n) is 4.81. The van der Waals surface area contributed by atoms with Gasteiger partial charge in [0, 0.05) is 53.9 Å². The van der Waals surface area contributed by atoms with Crippen molar-refractivity contribution in [2.75, 3.05) is 32.8 Å². The molecule has 1 aliphatic heterocycles. The summed E-state index contributed by atoms with van der Waals surface area (Å²) in [6.07, 6.45) is 0. The van der Waals surface area contributed by atoms with Gasteiger partial charge in [0.2, 0.25) is 0 Å². The zero-order valence-electron chi connectivity index (χ0n) is 16.4. The van der Waals surface area contributed by atoms with Crippen LogP contribution in [0.1, 0.15) is 22.8 Å². The molecule has 0 bridgehead atoms. The maximum absolute atomic E-state index is 12.9. The maximum Gasteiger partial charge on any atom is 0.387 e. The third-order valence-corrected chi connectivity index (χ3v) is 5.52. The van der Waals surface area contributed by atoms with E-state index in [2.05, 4.69) is 9.64 Å². The lowest BCUT2D eigenvalue weighted by Gasteiger charge is -2.35. The minimum Gasteiger partial charge on any atom is -0.490 e. The second-order valence-corrected chi connectivity index (χ2v) is 7.56. The van der Waals surface area contributed by atoms with Gasteiger partial charge in [-0.25, -0.2) is 0 Å². The molecule has 0 N–H and O–H groups in total. The van der Waals surface area contributed by atoms with Gasteiger partial charge in [0.1, 0.15) is 0 Å². The van der Waals surface area contributed by atoms with Crippen LogP contribution in [-0.2, 0) is 6.54 Å². The van der Waals surface area contributed by atoms with Crippen LogP contribution in [0, 0.1) is 0 Å². The summed E-state index contributed by atoms with van der Waals surface area (Å²) in [5.74, 6) is -0.157. The number of halogens is 4. The van der Waals surface area contributed by atoms with E-state index in [0.717, 1.165) is 5.56 Å². The average Bonchev–Trinajstić information content (AvgIpc) is 2.72. The minimum absolute atomic E-state index is 0.0927. The summed E-state index contributed by atoms with van der Waals surface area (Å²) in [4.78, 5) is 16.8. The number of piperazine rings is 1. The number of nitrogens with zero attached hydrogens (tertiary/aromatic N) is 2. The van der Waals surface area contributed by atoms with Crippen molar-refractivity contribution in [3.05, 3.63) is 57.6 Å². The number of carbonyl (C=O) groups is 1. The summed E-state index contributed by atoms with van der Waals surface area (Å²) in [5, 5.41) is 1.24. The lowest BCUT2D eigenvalue weighted by Crippen LogP contribution is -2.48. The molecule has 0 saturated carbocycles. The van der Waals surface area contributed by atoms with Crippen molar-refractivity contribution in [3.63, 3.8) is 0 Å². The molecule has 0 atom stereocenters. The highest BCUT2D eigenvalue weighted by Gasteiger charge is 2.24. The molecular weight excluding hydrogens is 437 g/mol. The molecule has 0 radical (unpaired) electrons. The smallest absolute Gasteiger partial charge is 0.387 e. The molecule has 5 nitrogen and oxygen atoms in total. The Morgan fingerprint density at radius 2 is 1.73 bits per heavy atom. The molecule has 3 rings (SSSR count). The molecule has 1 fully saturated rings. The monoisotopic (exact) mass is 458 g/mol. The van der Waals surface area contributed by atoms with Crippen molar-refractivity contribution in [2.45, 2.75) is 20.1 Å². The molecule has 0 spiro atoms. The van der Waals surface area contributed by atoms with Crippen LogP contribution in [-0.4, -0.2) is 55.1 Å². The molecule has 0 aromatic heterocycles. The van der Waals surface area contributed by atoms with Crippen LogP contribution in [0.5, 0.6) is 11.5 Å². The lowest BCUT2D eigenvalue weighted by molar-refractivity contribution is -0.0514. The van der Waals surface area contributed by atoms with Crippen LogP contribution in [0.15, 0.2) is 36.4 Å². The molecule has 2 aromatic rings. The van der Waals surface area contributed by atoms with E-state index >= 15 is 0 Å². The fourth-order valence-electron chi connectivity index (χ4n) is 3.30. The molecule has 0 aliphatic carbocycles. The summed E-state index contributed by atoms with van der Waals surface area (Å²) < 4.78 is 34.9. The number of carbonyl (C=O) groups excluding carboxylic acids is 1. The SMILES string of the molecule is CCOc1cc(C(=O)N2CCN(Cc3c(Cl)cccc3Cl)CC2)ccc1OC(F)F. The standard InChI is InChI=1S/C21H22Cl2F2N2O3/c1-2-29-19-12-14(6-7-18(19)30-21(24)25)20(28)27-10-8-26(9-11-27)13-15-16(22)4-3-5-17(15)23/h3-7,12,21H,2,8-11,13H2,1H3. The molecule has 1 saturated heterocycles. The van der Waals surface area contributed by atoms with Crippen molar-refractivity contribution in [2.24, 2.45) is 0 Å². The predicted molar refractivity (Wildman–Crippen MR) is 112 cm³/mol. The Balaban J connectivity index is 1.64. The van der Waals surface area contributed by atoms with Gasteiger partial charge < -0.3 is 14.4 Å². The summed E-state index contributed by atoms with van der Waals surface area (Å²) in [6.45, 7) is 2.02. The molecule has 2 aromatic carbocycles. The van der Waals surface area contributed by atoms with Crippen molar-refractivity contribution < 1.29 is 23.0 Å². The van der Waals surface area contributed by atoms with Crippen LogP contribution in [0.25, 0.3) is 0 Å². The van der Waals surface area contributed by atoms with Crippen LogP contribution in [0.3, 0.4) is 0 Å². The first-order chi connectivity index (χ1) is 14.4. The van der Waals surface area contributed by atoms with Crippen molar-refractivity contribution in [1.82, 2.24) is 9.80 Å². The normalized spacial score (nSPS) is 14.8. The average molecular weight is 459 g/mol. The second kappa shape index (κ2) is 10.3. The molecular formula is C21H22Cl2F2N2O3. The van der Waals surface area contributed by atoms with E-state index < -0.39 is 6.61 Å². The van der Waals surface area contributed by atoms with Crippen molar-refractivity contribution in [3.8, 4) is 11.5 Å². The number of benzene rings is 2. The van der Waals surface area contributed by atoms with Crippen molar-refractivity contribution >= 4 is 29.1 Å². The second-order valence-electron chi connectivity index (χ2n) is 6.74. The Hall–Kier alpha value is -2.09. The quantitative estimate of drug-likeness (QED) is 0.588. The van der Waals surface area contributed by atoms with Gasteiger partial charge in [0.05, 0.1) is 6.61 Å². The third kappa shape index (κ3) is 5.53. The van der Waals surface area contributed by atoms with Crippen LogP contribution in [0.4, 0.5) is 8.78 Å². The molecule has 0 unspecified atom stereocenters. The van der Waals surface area contributed by atoms with E-state index in [1.807, 2.05) is 0 Å². The Kier molecular flexibility index (Phi) is 7.75. The van der Waals surface area contributed by atoms with Crippen LogP contribution in [0.2, 0.25) is 10.0 Å². The number of alkyl halides is 2. The van der Waals surface area contributed by atoms with E-state index in [4.69, 9.17) is 27.9 Å². The number of rotatable bonds is 7. The zero-order chi connectivity index (χ0) is 21.7. The number of ether oxygens (including phenoxy) is 2. The van der Waals surface area contributed by atoms with Crippen molar-refractivity contribution in [1.29, 1.82) is 0 Å². The molecule has 1 aliphatic rings. The Morgan fingerprint density at radius 3 is 2.33 bits per heavy atom. The first-order valence-electron chi connectivity index (χ1n) is 9.55. The van der Waals surface area contributed by atoms with E-state index in [-0.39, 0.29) is 24.0 Å². The summed E-state index contributed by atoms with van der Waals surface area (Å²) >= 11 is 12.5. The highest BCUT2D eigenvalue weighted by Crippen LogP contribution is 2.31. The van der Waals surface area contributed by atoms with Gasteiger partial charge in [-0.15, -0.1) is 0 Å². The van der Waals surface area contributed by atoms with E-state index in [0.29, 0.717) is 48.3 Å². The number of amides is 1. The summed E-state index contributed by atoms with van der Waals surface area (Å²) in [7, 11) is 0. The van der Waals surface area contributed by atoms with Crippen LogP contribution < -0.4 is 9.47 Å². The topological polar surface area (TPSA) is 42.0 Å². The highest BCUT2D eigenvalue weighted by molar-refractivity contribution is 6.35. The summed E-state index contributed by atoms with van der Waals surface area (Å²) in [6, 6.07) is 9.66. The lowest BCUT2D eigenvalue weighted by atomic mass is 10.1. The Morgan fingerprint density at radius 1 is 1.07 bits per heavy atom. The number of hydrogen-bond donors (Lipinski definition) is 0. The summed E-state index contributed by atoms with van der Waals surface area (Å²) in [5.41, 5.74) is 1.24. The fourth-order valence-corrected chi connectivity index (χ4v) is 3.82. The molecule has 1 heterocycles. The molecule has 9 heteroatoms. The van der Waals surface area contributed by atoms with Gasteiger partial charge in [-0.05, 0) is 37.3 Å². The molecule has 162 valence electrons. The maximum atomic E-state index is 12.9. The van der Waals surface area contributed by atoms with Gasteiger partial charge in [0.15, 0.2) is 11.5 Å².